The number of nitrogens with zero attached hydrogens (tertiary/aromatic N) is 5. The molecule has 1 atom stereocenters. The topological polar surface area (TPSA) is 62.2 Å². The number of anilines is 2. The third-order valence-electron chi connectivity index (χ3n) is 7.11. The van der Waals surface area contributed by atoms with E-state index in [0.717, 1.165) is 56.4 Å². The molecule has 5 rings (SSSR count). The van der Waals surface area contributed by atoms with Gasteiger partial charge >= 0.3 is 6.18 Å². The van der Waals surface area contributed by atoms with Crippen molar-refractivity contribution in [2.24, 2.45) is 0 Å². The van der Waals surface area contributed by atoms with Crippen molar-refractivity contribution in [3.8, 4) is 0 Å². The van der Waals surface area contributed by atoms with Crippen LogP contribution in [-0.4, -0.2) is 46.6 Å². The third kappa shape index (κ3) is 4.66. The lowest BCUT2D eigenvalue weighted by atomic mass is 10.0. The number of alkyl halides is 3. The van der Waals surface area contributed by atoms with Crippen LogP contribution in [0.3, 0.4) is 0 Å². The average molecular weight is 496 g/mol. The molecule has 2 aromatic heterocycles. The molecule has 3 aromatic rings. The molecule has 0 amide bonds. The Morgan fingerprint density at radius 2 is 1.83 bits per heavy atom. The van der Waals surface area contributed by atoms with Crippen LogP contribution in [0.2, 0.25) is 0 Å². The van der Waals surface area contributed by atoms with Gasteiger partial charge in [-0.3, -0.25) is 4.79 Å². The first-order valence-corrected chi connectivity index (χ1v) is 12.2. The number of aromatic nitrogens is 3. The van der Waals surface area contributed by atoms with Crippen LogP contribution in [0.5, 0.6) is 0 Å². The quantitative estimate of drug-likeness (QED) is 0.470. The summed E-state index contributed by atoms with van der Waals surface area (Å²) in [6, 6.07) is 11.1. The molecule has 188 valence electrons. The zero-order valence-electron chi connectivity index (χ0n) is 20.3. The minimum Gasteiger partial charge on any atom is -0.351 e. The van der Waals surface area contributed by atoms with Gasteiger partial charge in [-0.05, 0) is 50.3 Å². The van der Waals surface area contributed by atoms with Gasteiger partial charge in [0, 0.05) is 49.4 Å². The SMILES string of the molecule is CC(=O)c1cnc(N2CCN(c3nnc(Cc4ccccc4)c4c3CCC4)CC2C)cc1C(F)(F)F. The molecule has 9 heteroatoms. The molecule has 0 saturated carbocycles. The molecule has 2 aliphatic rings. The number of rotatable bonds is 5. The van der Waals surface area contributed by atoms with Gasteiger partial charge in [-0.2, -0.15) is 18.3 Å². The van der Waals surface area contributed by atoms with Crippen LogP contribution in [-0.2, 0) is 25.4 Å². The Bertz CT molecular complexity index is 1280. The van der Waals surface area contributed by atoms with E-state index in [1.807, 2.05) is 30.0 Å². The number of carbonyl (C=O) groups excluding carboxylic acids is 1. The Hall–Kier alpha value is -3.49. The summed E-state index contributed by atoms with van der Waals surface area (Å²) >= 11 is 0. The van der Waals surface area contributed by atoms with Crippen molar-refractivity contribution >= 4 is 17.4 Å². The molecule has 0 spiro atoms. The van der Waals surface area contributed by atoms with Gasteiger partial charge in [0.25, 0.3) is 0 Å². The minimum atomic E-state index is -4.62. The number of benzene rings is 1. The number of pyridine rings is 1. The third-order valence-corrected chi connectivity index (χ3v) is 7.11. The summed E-state index contributed by atoms with van der Waals surface area (Å²) in [5.74, 6) is 0.470. The second-order valence-electron chi connectivity index (χ2n) is 9.57. The predicted octanol–water partition coefficient (Wildman–Crippen LogP) is 4.89. The molecule has 6 nitrogen and oxygen atoms in total. The van der Waals surface area contributed by atoms with Crippen molar-refractivity contribution < 1.29 is 18.0 Å². The summed E-state index contributed by atoms with van der Waals surface area (Å²) < 4.78 is 40.8. The first-order chi connectivity index (χ1) is 17.2. The van der Waals surface area contributed by atoms with Gasteiger partial charge in [-0.1, -0.05) is 30.3 Å². The maximum absolute atomic E-state index is 13.6. The first kappa shape index (κ1) is 24.2. The van der Waals surface area contributed by atoms with Crippen LogP contribution in [0.15, 0.2) is 42.6 Å². The molecule has 0 radical (unpaired) electrons. The van der Waals surface area contributed by atoms with Crippen molar-refractivity contribution in [1.82, 2.24) is 15.2 Å². The number of Topliss-reactive ketones (excluding diaryl/α,β-unsaturated/α-hetero) is 1. The standard InChI is InChI=1S/C27H28F3N5O/c1-17-16-34(11-12-35(17)25-14-23(27(28,29)30)22(15-31-25)18(2)36)26-21-10-6-9-20(21)24(32-33-26)13-19-7-4-3-5-8-19/h3-5,7-8,14-15,17H,6,9-13,16H2,1-2H3. The van der Waals surface area contributed by atoms with Crippen molar-refractivity contribution in [3.63, 3.8) is 0 Å². The molecular weight excluding hydrogens is 467 g/mol. The van der Waals surface area contributed by atoms with Crippen LogP contribution in [0, 0.1) is 0 Å². The number of carbonyl (C=O) groups is 1. The number of hydrogen-bond acceptors (Lipinski definition) is 6. The molecule has 3 heterocycles. The fourth-order valence-electron chi connectivity index (χ4n) is 5.33. The highest BCUT2D eigenvalue weighted by atomic mass is 19.4. The summed E-state index contributed by atoms with van der Waals surface area (Å²) in [4.78, 5) is 20.0. The minimum absolute atomic E-state index is 0.0987. The van der Waals surface area contributed by atoms with Gasteiger partial charge in [0.05, 0.1) is 11.3 Å². The summed E-state index contributed by atoms with van der Waals surface area (Å²) in [5, 5.41) is 9.25. The number of piperazine rings is 1. The molecule has 1 fully saturated rings. The van der Waals surface area contributed by atoms with E-state index < -0.39 is 23.1 Å². The molecule has 1 aromatic carbocycles. The van der Waals surface area contributed by atoms with Crippen molar-refractivity contribution in [1.29, 1.82) is 0 Å². The smallest absolute Gasteiger partial charge is 0.351 e. The maximum Gasteiger partial charge on any atom is 0.417 e. The summed E-state index contributed by atoms with van der Waals surface area (Å²) in [7, 11) is 0. The predicted molar refractivity (Wildman–Crippen MR) is 132 cm³/mol. The fraction of sp³-hybridized carbons (Fsp3) is 0.407. The van der Waals surface area contributed by atoms with Crippen molar-refractivity contribution in [2.45, 2.75) is 51.7 Å². The first-order valence-electron chi connectivity index (χ1n) is 12.2. The number of fused-ring (bicyclic) bond motifs is 1. The van der Waals surface area contributed by atoms with Gasteiger partial charge < -0.3 is 9.80 Å². The van der Waals surface area contributed by atoms with E-state index in [1.165, 1.54) is 16.7 Å². The highest BCUT2D eigenvalue weighted by Crippen LogP contribution is 2.36. The maximum atomic E-state index is 13.6. The Balaban J connectivity index is 1.37. The van der Waals surface area contributed by atoms with Gasteiger partial charge in [0.15, 0.2) is 11.6 Å². The van der Waals surface area contributed by atoms with E-state index in [9.17, 15) is 18.0 Å². The van der Waals surface area contributed by atoms with Crippen LogP contribution >= 0.6 is 0 Å². The van der Waals surface area contributed by atoms with Gasteiger partial charge in [-0.15, -0.1) is 5.10 Å². The molecule has 0 N–H and O–H groups in total. The number of halogens is 3. The van der Waals surface area contributed by atoms with Crippen molar-refractivity contribution in [3.05, 3.63) is 76.1 Å². The zero-order chi connectivity index (χ0) is 25.4. The lowest BCUT2D eigenvalue weighted by molar-refractivity contribution is -0.137. The zero-order valence-corrected chi connectivity index (χ0v) is 20.3. The van der Waals surface area contributed by atoms with Gasteiger partial charge in [0.1, 0.15) is 5.82 Å². The number of ketones is 1. The Morgan fingerprint density at radius 3 is 2.53 bits per heavy atom. The second-order valence-corrected chi connectivity index (χ2v) is 9.57. The summed E-state index contributed by atoms with van der Waals surface area (Å²) in [6.45, 7) is 4.78. The second kappa shape index (κ2) is 9.52. The van der Waals surface area contributed by atoms with E-state index in [1.54, 1.807) is 0 Å². The lowest BCUT2D eigenvalue weighted by Gasteiger charge is -2.41. The van der Waals surface area contributed by atoms with Crippen LogP contribution in [0.25, 0.3) is 0 Å². The molecule has 1 aliphatic carbocycles. The normalized spacial score (nSPS) is 17.9. The van der Waals surface area contributed by atoms with Crippen molar-refractivity contribution in [2.75, 3.05) is 29.4 Å². The van der Waals surface area contributed by atoms with Gasteiger partial charge in [0.2, 0.25) is 0 Å². The Labute approximate surface area is 208 Å². The largest absolute Gasteiger partial charge is 0.417 e. The lowest BCUT2D eigenvalue weighted by Crippen LogP contribution is -2.53. The Kier molecular flexibility index (Phi) is 6.40. The van der Waals surface area contributed by atoms with E-state index in [4.69, 9.17) is 0 Å². The van der Waals surface area contributed by atoms with Gasteiger partial charge in [-0.25, -0.2) is 4.98 Å². The summed E-state index contributed by atoms with van der Waals surface area (Å²) in [5.41, 5.74) is 3.43. The van der Waals surface area contributed by atoms with Crippen LogP contribution in [0.1, 0.15) is 58.6 Å². The molecule has 1 saturated heterocycles. The fourth-order valence-corrected chi connectivity index (χ4v) is 5.33. The van der Waals surface area contributed by atoms with Crippen LogP contribution < -0.4 is 9.80 Å². The van der Waals surface area contributed by atoms with Crippen LogP contribution in [0.4, 0.5) is 24.8 Å². The van der Waals surface area contributed by atoms with E-state index in [-0.39, 0.29) is 11.9 Å². The average Bonchev–Trinajstić information content (AvgIpc) is 3.34. The summed E-state index contributed by atoms with van der Waals surface area (Å²) in [6.07, 6.45) is 0.191. The van der Waals surface area contributed by atoms with E-state index in [0.29, 0.717) is 19.6 Å². The van der Waals surface area contributed by atoms with E-state index in [2.05, 4.69) is 32.2 Å². The molecular formula is C27H28F3N5O. The highest BCUT2D eigenvalue weighted by molar-refractivity contribution is 5.95. The monoisotopic (exact) mass is 495 g/mol. The van der Waals surface area contributed by atoms with E-state index >= 15 is 0 Å². The number of hydrogen-bond donors (Lipinski definition) is 0. The molecule has 0 bridgehead atoms. The molecule has 1 aliphatic heterocycles. The Morgan fingerprint density at radius 1 is 1.08 bits per heavy atom. The highest BCUT2D eigenvalue weighted by Gasteiger charge is 2.37. The molecule has 36 heavy (non-hydrogen) atoms. The molecule has 1 unspecified atom stereocenters.